The van der Waals surface area contributed by atoms with Gasteiger partial charge in [0.2, 0.25) is 0 Å². The highest BCUT2D eigenvalue weighted by Crippen LogP contribution is 2.28. The minimum absolute atomic E-state index is 0.0856. The van der Waals surface area contributed by atoms with E-state index in [0.29, 0.717) is 12.4 Å². The summed E-state index contributed by atoms with van der Waals surface area (Å²) in [6.45, 7) is 0.517. The summed E-state index contributed by atoms with van der Waals surface area (Å²) in [5.41, 5.74) is 2.17. The third-order valence-electron chi connectivity index (χ3n) is 2.96. The van der Waals surface area contributed by atoms with Crippen LogP contribution in [0.5, 0.6) is 0 Å². The van der Waals surface area contributed by atoms with Gasteiger partial charge in [-0.15, -0.1) is 0 Å². The van der Waals surface area contributed by atoms with Crippen molar-refractivity contribution in [1.82, 2.24) is 0 Å². The zero-order valence-electron chi connectivity index (χ0n) is 11.0. The lowest BCUT2D eigenvalue weighted by atomic mass is 10.0. The molecule has 19 heavy (non-hydrogen) atoms. The van der Waals surface area contributed by atoms with Gasteiger partial charge in [-0.3, -0.25) is 4.21 Å². The lowest BCUT2D eigenvalue weighted by molar-refractivity contribution is 0.218. The van der Waals surface area contributed by atoms with Gasteiger partial charge in [0.1, 0.15) is 0 Å². The number of hydrogen-bond acceptors (Lipinski definition) is 2. The molecule has 2 nitrogen and oxygen atoms in total. The summed E-state index contributed by atoms with van der Waals surface area (Å²) < 4.78 is 17.6. The molecular weight excluding hydrogens is 256 g/mol. The molecule has 0 aliphatic carbocycles. The Morgan fingerprint density at radius 1 is 0.947 bits per heavy atom. The minimum Gasteiger partial charge on any atom is -0.384 e. The molecule has 0 fully saturated rings. The second-order valence-electron chi connectivity index (χ2n) is 4.28. The first kappa shape index (κ1) is 14.0. The smallest absolute Gasteiger partial charge is 0.0847 e. The fourth-order valence-corrected chi connectivity index (χ4v) is 3.52. The van der Waals surface area contributed by atoms with Gasteiger partial charge < -0.3 is 4.74 Å². The molecule has 0 aliphatic rings. The number of rotatable bonds is 6. The van der Waals surface area contributed by atoms with Gasteiger partial charge in [-0.2, -0.15) is 0 Å². The highest BCUT2D eigenvalue weighted by atomic mass is 32.2. The van der Waals surface area contributed by atoms with Crippen LogP contribution in [-0.4, -0.2) is 23.7 Å². The van der Waals surface area contributed by atoms with E-state index in [4.69, 9.17) is 4.74 Å². The Kier molecular flexibility index (Phi) is 5.31. The topological polar surface area (TPSA) is 26.3 Å². The van der Waals surface area contributed by atoms with Crippen molar-refractivity contribution >= 4 is 10.8 Å². The predicted octanol–water partition coefficient (Wildman–Crippen LogP) is 3.17. The molecule has 3 heteroatoms. The average Bonchev–Trinajstić information content (AvgIpc) is 2.47. The fourth-order valence-electron chi connectivity index (χ4n) is 2.03. The van der Waals surface area contributed by atoms with E-state index in [-0.39, 0.29) is 5.25 Å². The van der Waals surface area contributed by atoms with Crippen molar-refractivity contribution in [1.29, 1.82) is 0 Å². The molecular formula is C16H18O2S. The van der Waals surface area contributed by atoms with E-state index >= 15 is 0 Å². The van der Waals surface area contributed by atoms with Crippen molar-refractivity contribution in [3.8, 4) is 0 Å². The van der Waals surface area contributed by atoms with E-state index in [0.717, 1.165) is 11.1 Å². The summed E-state index contributed by atoms with van der Waals surface area (Å²) >= 11 is 0. The van der Waals surface area contributed by atoms with Gasteiger partial charge in [0, 0.05) is 23.7 Å². The quantitative estimate of drug-likeness (QED) is 0.808. The fraction of sp³-hybridized carbons (Fsp3) is 0.250. The molecule has 2 aromatic carbocycles. The van der Waals surface area contributed by atoms with Crippen LogP contribution in [0.3, 0.4) is 0 Å². The number of ether oxygens (including phenoxy) is 1. The molecule has 0 N–H and O–H groups in total. The van der Waals surface area contributed by atoms with Crippen LogP contribution in [-0.2, 0) is 15.5 Å². The van der Waals surface area contributed by atoms with Crippen molar-refractivity contribution in [3.05, 3.63) is 71.8 Å². The summed E-state index contributed by atoms with van der Waals surface area (Å²) in [7, 11) is 0.652. The first-order valence-corrected chi connectivity index (χ1v) is 7.67. The number of methoxy groups -OCH3 is 1. The van der Waals surface area contributed by atoms with Crippen LogP contribution in [0.15, 0.2) is 60.7 Å². The van der Waals surface area contributed by atoms with E-state index in [2.05, 4.69) is 0 Å². The monoisotopic (exact) mass is 274 g/mol. The Hall–Kier alpha value is -1.45. The molecule has 0 amide bonds. The minimum atomic E-state index is -0.985. The average molecular weight is 274 g/mol. The van der Waals surface area contributed by atoms with Crippen molar-refractivity contribution in [2.45, 2.75) is 5.25 Å². The molecule has 1 atom stereocenters. The van der Waals surface area contributed by atoms with Gasteiger partial charge in [0.15, 0.2) is 0 Å². The van der Waals surface area contributed by atoms with Gasteiger partial charge in [0.05, 0.1) is 11.9 Å². The molecule has 0 saturated carbocycles. The summed E-state index contributed by atoms with van der Waals surface area (Å²) in [5.74, 6) is 0.547. The van der Waals surface area contributed by atoms with Crippen LogP contribution >= 0.6 is 0 Å². The molecule has 0 spiro atoms. The molecule has 0 saturated heterocycles. The number of benzene rings is 2. The van der Waals surface area contributed by atoms with Crippen molar-refractivity contribution in [2.75, 3.05) is 19.5 Å². The van der Waals surface area contributed by atoms with Gasteiger partial charge >= 0.3 is 0 Å². The van der Waals surface area contributed by atoms with Crippen molar-refractivity contribution in [3.63, 3.8) is 0 Å². The molecule has 0 aliphatic heterocycles. The Bertz CT molecular complexity index is 471. The first-order valence-electron chi connectivity index (χ1n) is 6.29. The molecule has 0 heterocycles. The first-order chi connectivity index (χ1) is 9.33. The van der Waals surface area contributed by atoms with Gasteiger partial charge in [0.25, 0.3) is 0 Å². The van der Waals surface area contributed by atoms with E-state index in [1.54, 1.807) is 7.11 Å². The second-order valence-corrected chi connectivity index (χ2v) is 5.92. The molecule has 0 radical (unpaired) electrons. The van der Waals surface area contributed by atoms with Crippen LogP contribution in [0.4, 0.5) is 0 Å². The second kappa shape index (κ2) is 7.22. The van der Waals surface area contributed by atoms with Gasteiger partial charge in [-0.05, 0) is 11.1 Å². The van der Waals surface area contributed by atoms with E-state index < -0.39 is 10.8 Å². The van der Waals surface area contributed by atoms with Gasteiger partial charge in [-0.1, -0.05) is 60.7 Å². The van der Waals surface area contributed by atoms with E-state index in [1.165, 1.54) is 0 Å². The van der Waals surface area contributed by atoms with Crippen LogP contribution in [0.1, 0.15) is 16.4 Å². The Labute approximate surface area is 116 Å². The maximum atomic E-state index is 12.5. The zero-order valence-corrected chi connectivity index (χ0v) is 11.8. The molecule has 0 bridgehead atoms. The molecule has 2 rings (SSSR count). The van der Waals surface area contributed by atoms with E-state index in [9.17, 15) is 4.21 Å². The molecule has 100 valence electrons. The van der Waals surface area contributed by atoms with Crippen molar-refractivity contribution < 1.29 is 8.95 Å². The van der Waals surface area contributed by atoms with Crippen molar-refractivity contribution in [2.24, 2.45) is 0 Å². The zero-order chi connectivity index (χ0) is 13.5. The van der Waals surface area contributed by atoms with Crippen LogP contribution in [0.2, 0.25) is 0 Å². The lowest BCUT2D eigenvalue weighted by Gasteiger charge is -2.17. The molecule has 0 unspecified atom stereocenters. The normalized spacial score (nSPS) is 12.5. The molecule has 2 aromatic rings. The summed E-state index contributed by atoms with van der Waals surface area (Å²) in [6, 6.07) is 20.0. The lowest BCUT2D eigenvalue weighted by Crippen LogP contribution is -2.14. The van der Waals surface area contributed by atoms with E-state index in [1.807, 2.05) is 60.7 Å². The van der Waals surface area contributed by atoms with Crippen LogP contribution in [0.25, 0.3) is 0 Å². The largest absolute Gasteiger partial charge is 0.384 e. The SMILES string of the molecule is COCC[S@@](=O)C(c1ccccc1)c1ccccc1. The maximum absolute atomic E-state index is 12.5. The highest BCUT2D eigenvalue weighted by molar-refractivity contribution is 7.85. The van der Waals surface area contributed by atoms with Crippen LogP contribution in [0, 0.1) is 0 Å². The summed E-state index contributed by atoms with van der Waals surface area (Å²) in [5, 5.41) is -0.0856. The Balaban J connectivity index is 2.31. The Morgan fingerprint density at radius 3 is 1.84 bits per heavy atom. The van der Waals surface area contributed by atoms with Gasteiger partial charge in [-0.25, -0.2) is 0 Å². The standard InChI is InChI=1S/C16H18O2S/c1-18-12-13-19(17)16(14-8-4-2-5-9-14)15-10-6-3-7-11-15/h2-11,16H,12-13H2,1H3/t19-/m1/s1. The maximum Gasteiger partial charge on any atom is 0.0847 e. The highest BCUT2D eigenvalue weighted by Gasteiger charge is 2.20. The Morgan fingerprint density at radius 2 is 1.42 bits per heavy atom. The third-order valence-corrected chi connectivity index (χ3v) is 4.60. The third kappa shape index (κ3) is 3.75. The number of hydrogen-bond donors (Lipinski definition) is 0. The predicted molar refractivity (Wildman–Crippen MR) is 79.6 cm³/mol. The van der Waals surface area contributed by atoms with Crippen LogP contribution < -0.4 is 0 Å². The molecule has 0 aromatic heterocycles. The summed E-state index contributed by atoms with van der Waals surface area (Å²) in [6.07, 6.45) is 0. The summed E-state index contributed by atoms with van der Waals surface area (Å²) in [4.78, 5) is 0.